The van der Waals surface area contributed by atoms with Gasteiger partial charge in [0.05, 0.1) is 6.04 Å². The predicted octanol–water partition coefficient (Wildman–Crippen LogP) is 3.07. The van der Waals surface area contributed by atoms with Crippen molar-refractivity contribution >= 4 is 5.69 Å². The molecule has 1 unspecified atom stereocenters. The molecular formula is C11H15F2NO. The van der Waals surface area contributed by atoms with Gasteiger partial charge >= 0.3 is 0 Å². The first kappa shape index (κ1) is 11.8. The van der Waals surface area contributed by atoms with Crippen molar-refractivity contribution in [1.82, 2.24) is 0 Å². The van der Waals surface area contributed by atoms with Crippen molar-refractivity contribution in [3.63, 3.8) is 0 Å². The SMILES string of the molecule is Cc1cc(NC(C)C(F)F)c(C)cc1O. The smallest absolute Gasteiger partial charge is 0.258 e. The summed E-state index contributed by atoms with van der Waals surface area (Å²) >= 11 is 0. The molecule has 1 atom stereocenters. The van der Waals surface area contributed by atoms with Crippen molar-refractivity contribution in [2.75, 3.05) is 5.32 Å². The number of hydrogen-bond donors (Lipinski definition) is 2. The van der Waals surface area contributed by atoms with Crippen molar-refractivity contribution in [3.8, 4) is 5.75 Å². The Morgan fingerprint density at radius 1 is 1.20 bits per heavy atom. The maximum absolute atomic E-state index is 12.3. The summed E-state index contributed by atoms with van der Waals surface area (Å²) in [6.07, 6.45) is -2.40. The highest BCUT2D eigenvalue weighted by molar-refractivity contribution is 5.57. The van der Waals surface area contributed by atoms with Gasteiger partial charge in [-0.15, -0.1) is 0 Å². The van der Waals surface area contributed by atoms with Crippen LogP contribution in [0.5, 0.6) is 5.75 Å². The molecule has 0 aromatic heterocycles. The molecule has 84 valence electrons. The van der Waals surface area contributed by atoms with E-state index in [1.54, 1.807) is 26.0 Å². The molecule has 0 amide bonds. The summed E-state index contributed by atoms with van der Waals surface area (Å²) in [7, 11) is 0. The second kappa shape index (κ2) is 4.47. The quantitative estimate of drug-likeness (QED) is 0.759. The lowest BCUT2D eigenvalue weighted by atomic mass is 10.1. The third kappa shape index (κ3) is 2.81. The largest absolute Gasteiger partial charge is 0.508 e. The monoisotopic (exact) mass is 215 g/mol. The molecule has 0 spiro atoms. The first-order valence-electron chi connectivity index (χ1n) is 4.76. The molecule has 0 heterocycles. The van der Waals surface area contributed by atoms with Crippen LogP contribution in [0.25, 0.3) is 0 Å². The standard InChI is InChI=1S/C11H15F2NO/c1-6-5-10(15)7(2)4-9(6)14-8(3)11(12)13/h4-5,8,11,14-15H,1-3H3. The Kier molecular flexibility index (Phi) is 3.50. The van der Waals surface area contributed by atoms with Gasteiger partial charge in [0.15, 0.2) is 0 Å². The van der Waals surface area contributed by atoms with Gasteiger partial charge < -0.3 is 10.4 Å². The molecule has 15 heavy (non-hydrogen) atoms. The van der Waals surface area contributed by atoms with Crippen molar-refractivity contribution in [3.05, 3.63) is 23.3 Å². The van der Waals surface area contributed by atoms with Crippen molar-refractivity contribution < 1.29 is 13.9 Å². The molecule has 4 heteroatoms. The number of anilines is 1. The highest BCUT2D eigenvalue weighted by Gasteiger charge is 2.15. The van der Waals surface area contributed by atoms with Crippen LogP contribution in [0.15, 0.2) is 12.1 Å². The lowest BCUT2D eigenvalue weighted by molar-refractivity contribution is 0.130. The van der Waals surface area contributed by atoms with E-state index in [9.17, 15) is 13.9 Å². The van der Waals surface area contributed by atoms with Gasteiger partial charge in [-0.05, 0) is 44.0 Å². The summed E-state index contributed by atoms with van der Waals surface area (Å²) in [6, 6.07) is 2.34. The van der Waals surface area contributed by atoms with Crippen molar-refractivity contribution in [1.29, 1.82) is 0 Å². The first-order chi connectivity index (χ1) is 6.91. The maximum Gasteiger partial charge on any atom is 0.258 e. The van der Waals surface area contributed by atoms with Gasteiger partial charge in [0.25, 0.3) is 6.43 Å². The average Bonchev–Trinajstić information content (AvgIpc) is 2.13. The average molecular weight is 215 g/mol. The highest BCUT2D eigenvalue weighted by atomic mass is 19.3. The molecule has 1 aromatic carbocycles. The van der Waals surface area contributed by atoms with Crippen molar-refractivity contribution in [2.24, 2.45) is 0 Å². The van der Waals surface area contributed by atoms with Gasteiger partial charge in [-0.1, -0.05) is 0 Å². The van der Waals surface area contributed by atoms with Crippen LogP contribution in [0.4, 0.5) is 14.5 Å². The predicted molar refractivity (Wildman–Crippen MR) is 56.7 cm³/mol. The van der Waals surface area contributed by atoms with E-state index in [-0.39, 0.29) is 5.75 Å². The second-order valence-corrected chi connectivity index (χ2v) is 3.72. The third-order valence-electron chi connectivity index (χ3n) is 2.30. The number of alkyl halides is 2. The lowest BCUT2D eigenvalue weighted by Gasteiger charge is -2.17. The zero-order chi connectivity index (χ0) is 11.6. The van der Waals surface area contributed by atoms with Crippen LogP contribution in [0.1, 0.15) is 18.1 Å². The molecule has 0 aliphatic rings. The summed E-state index contributed by atoms with van der Waals surface area (Å²) < 4.78 is 24.6. The molecule has 0 saturated carbocycles. The Morgan fingerprint density at radius 3 is 2.33 bits per heavy atom. The van der Waals surface area contributed by atoms with E-state index in [0.717, 1.165) is 5.56 Å². The minimum atomic E-state index is -2.40. The molecule has 2 nitrogen and oxygen atoms in total. The van der Waals surface area contributed by atoms with Crippen LogP contribution in [0, 0.1) is 13.8 Å². The number of aryl methyl sites for hydroxylation is 2. The molecule has 0 fully saturated rings. The van der Waals surface area contributed by atoms with E-state index >= 15 is 0 Å². The number of aromatic hydroxyl groups is 1. The molecule has 1 aromatic rings. The Balaban J connectivity index is 2.91. The maximum atomic E-state index is 12.3. The van der Waals surface area contributed by atoms with Crippen LogP contribution in [0.2, 0.25) is 0 Å². The zero-order valence-electron chi connectivity index (χ0n) is 9.01. The normalized spacial score (nSPS) is 12.9. The van der Waals surface area contributed by atoms with Gasteiger partial charge in [0.2, 0.25) is 0 Å². The number of hydrogen-bond acceptors (Lipinski definition) is 2. The van der Waals surface area contributed by atoms with Crippen LogP contribution in [0.3, 0.4) is 0 Å². The van der Waals surface area contributed by atoms with Gasteiger partial charge in [-0.2, -0.15) is 0 Å². The number of halogens is 2. The van der Waals surface area contributed by atoms with E-state index in [1.807, 2.05) is 0 Å². The summed E-state index contributed by atoms with van der Waals surface area (Å²) in [4.78, 5) is 0. The lowest BCUT2D eigenvalue weighted by Crippen LogP contribution is -2.24. The molecule has 0 aliphatic heterocycles. The van der Waals surface area contributed by atoms with E-state index < -0.39 is 12.5 Å². The fourth-order valence-electron chi connectivity index (χ4n) is 1.26. The Bertz CT molecular complexity index is 353. The first-order valence-corrected chi connectivity index (χ1v) is 4.76. The van der Waals surface area contributed by atoms with E-state index in [2.05, 4.69) is 5.32 Å². The zero-order valence-corrected chi connectivity index (χ0v) is 9.01. The van der Waals surface area contributed by atoms with E-state index in [0.29, 0.717) is 11.3 Å². The summed E-state index contributed by atoms with van der Waals surface area (Å²) in [5.41, 5.74) is 2.06. The number of rotatable bonds is 3. The number of phenols is 1. The topological polar surface area (TPSA) is 32.3 Å². The highest BCUT2D eigenvalue weighted by Crippen LogP contribution is 2.25. The van der Waals surface area contributed by atoms with Gasteiger partial charge in [-0.3, -0.25) is 0 Å². The van der Waals surface area contributed by atoms with Crippen LogP contribution in [-0.2, 0) is 0 Å². The Labute approximate surface area is 87.9 Å². The van der Waals surface area contributed by atoms with Crippen LogP contribution < -0.4 is 5.32 Å². The fourth-order valence-corrected chi connectivity index (χ4v) is 1.26. The van der Waals surface area contributed by atoms with Gasteiger partial charge in [0.1, 0.15) is 5.75 Å². The molecule has 2 N–H and O–H groups in total. The molecule has 0 radical (unpaired) electrons. The molecule has 1 rings (SSSR count). The van der Waals surface area contributed by atoms with E-state index in [1.165, 1.54) is 6.92 Å². The minimum absolute atomic E-state index is 0.183. The van der Waals surface area contributed by atoms with Crippen LogP contribution in [-0.4, -0.2) is 17.6 Å². The summed E-state index contributed by atoms with van der Waals surface area (Å²) in [5, 5.41) is 12.1. The summed E-state index contributed by atoms with van der Waals surface area (Å²) in [5.74, 6) is 0.183. The molecule has 0 bridgehead atoms. The number of phenolic OH excluding ortho intramolecular Hbond substituents is 1. The number of benzene rings is 1. The number of nitrogens with one attached hydrogen (secondary N) is 1. The molecular weight excluding hydrogens is 200 g/mol. The molecule has 0 aliphatic carbocycles. The van der Waals surface area contributed by atoms with Crippen LogP contribution >= 0.6 is 0 Å². The summed E-state index contributed by atoms with van der Waals surface area (Å²) in [6.45, 7) is 4.92. The van der Waals surface area contributed by atoms with Crippen molar-refractivity contribution in [2.45, 2.75) is 33.2 Å². The molecule has 0 saturated heterocycles. The fraction of sp³-hybridized carbons (Fsp3) is 0.455. The van der Waals surface area contributed by atoms with E-state index in [4.69, 9.17) is 0 Å². The van der Waals surface area contributed by atoms with Gasteiger partial charge in [0, 0.05) is 5.69 Å². The third-order valence-corrected chi connectivity index (χ3v) is 2.30. The Morgan fingerprint density at radius 2 is 1.80 bits per heavy atom. The van der Waals surface area contributed by atoms with Gasteiger partial charge in [-0.25, -0.2) is 8.78 Å². The second-order valence-electron chi connectivity index (χ2n) is 3.72. The minimum Gasteiger partial charge on any atom is -0.508 e. The Hall–Kier alpha value is -1.32.